The van der Waals surface area contributed by atoms with Gasteiger partial charge in [0.15, 0.2) is 0 Å². The van der Waals surface area contributed by atoms with Crippen molar-refractivity contribution in [3.05, 3.63) is 71.7 Å². The van der Waals surface area contributed by atoms with Crippen LogP contribution >= 0.6 is 0 Å². The van der Waals surface area contributed by atoms with E-state index in [1.807, 2.05) is 24.3 Å². The summed E-state index contributed by atoms with van der Waals surface area (Å²) < 4.78 is 17.9. The Labute approximate surface area is 149 Å². The van der Waals surface area contributed by atoms with Gasteiger partial charge in [-0.05, 0) is 29.3 Å². The molecule has 3 rings (SSSR count). The van der Waals surface area contributed by atoms with Crippen molar-refractivity contribution in [1.82, 2.24) is 10.3 Å². The second-order valence-corrected chi connectivity index (χ2v) is 5.87. The van der Waals surface area contributed by atoms with Gasteiger partial charge >= 0.3 is 6.09 Å². The second-order valence-electron chi connectivity index (χ2n) is 5.87. The zero-order valence-corrected chi connectivity index (χ0v) is 13.9. The van der Waals surface area contributed by atoms with Gasteiger partial charge in [0, 0.05) is 23.5 Å². The summed E-state index contributed by atoms with van der Waals surface area (Å²) in [5.74, 6) is -1.03. The van der Waals surface area contributed by atoms with Crippen LogP contribution in [0.1, 0.15) is 11.1 Å². The Hall–Kier alpha value is -3.35. The number of para-hydroxylation sites is 1. The topological polar surface area (TPSA) is 97.2 Å². The predicted molar refractivity (Wildman–Crippen MR) is 94.7 cm³/mol. The normalized spacial score (nSPS) is 11.9. The zero-order chi connectivity index (χ0) is 18.5. The monoisotopic (exact) mass is 355 g/mol. The molecule has 0 saturated carbocycles. The van der Waals surface area contributed by atoms with E-state index in [0.717, 1.165) is 16.5 Å². The molecule has 7 heteroatoms. The Morgan fingerprint density at radius 1 is 1.15 bits per heavy atom. The number of fused-ring (bicyclic) bond motifs is 1. The van der Waals surface area contributed by atoms with E-state index in [9.17, 15) is 14.0 Å². The number of amides is 2. The number of ether oxygens (including phenoxy) is 1. The number of aromatic amines is 1. The first-order chi connectivity index (χ1) is 12.5. The first-order valence-corrected chi connectivity index (χ1v) is 8.05. The molecule has 1 unspecified atom stereocenters. The van der Waals surface area contributed by atoms with Crippen LogP contribution in [0, 0.1) is 5.82 Å². The van der Waals surface area contributed by atoms with Crippen molar-refractivity contribution in [3.63, 3.8) is 0 Å². The van der Waals surface area contributed by atoms with E-state index in [1.54, 1.807) is 6.20 Å². The molecular formula is C19H18FN3O3. The summed E-state index contributed by atoms with van der Waals surface area (Å²) in [7, 11) is 0. The number of benzene rings is 2. The van der Waals surface area contributed by atoms with Crippen molar-refractivity contribution >= 4 is 22.9 Å². The van der Waals surface area contributed by atoms with Gasteiger partial charge in [-0.25, -0.2) is 9.18 Å². The molecule has 1 aromatic heterocycles. The van der Waals surface area contributed by atoms with Crippen molar-refractivity contribution in [2.45, 2.75) is 19.1 Å². The molecule has 3 aromatic rings. The SMILES string of the molecule is NC(=O)C(Cc1c[nH]c2ccccc12)NC(=O)OCc1ccc(F)cc1. The number of nitrogens with one attached hydrogen (secondary N) is 2. The second kappa shape index (κ2) is 7.69. The third-order valence-electron chi connectivity index (χ3n) is 4.02. The third-order valence-corrected chi connectivity index (χ3v) is 4.02. The molecule has 26 heavy (non-hydrogen) atoms. The predicted octanol–water partition coefficient (Wildman–Crippen LogP) is 2.63. The van der Waals surface area contributed by atoms with Crippen LogP contribution in [0.3, 0.4) is 0 Å². The molecule has 1 heterocycles. The van der Waals surface area contributed by atoms with Crippen LogP contribution in [-0.4, -0.2) is 23.0 Å². The van der Waals surface area contributed by atoms with Gasteiger partial charge in [-0.3, -0.25) is 4.79 Å². The minimum absolute atomic E-state index is 0.0370. The maximum atomic E-state index is 12.9. The van der Waals surface area contributed by atoms with Crippen molar-refractivity contribution in [2.75, 3.05) is 0 Å². The average molecular weight is 355 g/mol. The number of rotatable bonds is 6. The lowest BCUT2D eigenvalue weighted by Crippen LogP contribution is -2.46. The fourth-order valence-electron chi connectivity index (χ4n) is 2.66. The maximum absolute atomic E-state index is 12.9. The summed E-state index contributed by atoms with van der Waals surface area (Å²) in [5.41, 5.74) is 7.84. The Morgan fingerprint density at radius 2 is 1.88 bits per heavy atom. The average Bonchev–Trinajstić information content (AvgIpc) is 3.04. The summed E-state index contributed by atoms with van der Waals surface area (Å²) in [4.78, 5) is 26.8. The lowest BCUT2D eigenvalue weighted by Gasteiger charge is -2.15. The Morgan fingerprint density at radius 3 is 2.62 bits per heavy atom. The van der Waals surface area contributed by atoms with Gasteiger partial charge in [0.05, 0.1) is 0 Å². The van der Waals surface area contributed by atoms with Crippen molar-refractivity contribution in [3.8, 4) is 0 Å². The van der Waals surface area contributed by atoms with Crippen LogP contribution in [0.15, 0.2) is 54.7 Å². The molecule has 0 saturated heterocycles. The molecule has 2 aromatic carbocycles. The molecule has 134 valence electrons. The Bertz CT molecular complexity index is 921. The summed E-state index contributed by atoms with van der Waals surface area (Å²) in [6, 6.07) is 12.3. The molecule has 4 N–H and O–H groups in total. The van der Waals surface area contributed by atoms with Crippen molar-refractivity contribution < 1.29 is 18.7 Å². The first kappa shape index (κ1) is 17.5. The minimum Gasteiger partial charge on any atom is -0.445 e. The van der Waals surface area contributed by atoms with Gasteiger partial charge in [0.1, 0.15) is 18.5 Å². The summed E-state index contributed by atoms with van der Waals surface area (Å²) in [6.07, 6.45) is 1.26. The van der Waals surface area contributed by atoms with Crippen molar-refractivity contribution in [1.29, 1.82) is 0 Å². The minimum atomic E-state index is -0.907. The number of primary amides is 1. The maximum Gasteiger partial charge on any atom is 0.408 e. The van der Waals surface area contributed by atoms with E-state index < -0.39 is 18.0 Å². The van der Waals surface area contributed by atoms with E-state index >= 15 is 0 Å². The van der Waals surface area contributed by atoms with Crippen LogP contribution in [0.4, 0.5) is 9.18 Å². The molecule has 2 amide bonds. The van der Waals surface area contributed by atoms with Crippen LogP contribution < -0.4 is 11.1 Å². The van der Waals surface area contributed by atoms with Gasteiger partial charge in [0.25, 0.3) is 0 Å². The molecule has 6 nitrogen and oxygen atoms in total. The Kier molecular flexibility index (Phi) is 5.17. The van der Waals surface area contributed by atoms with E-state index in [4.69, 9.17) is 10.5 Å². The first-order valence-electron chi connectivity index (χ1n) is 8.05. The number of nitrogens with two attached hydrogens (primary N) is 1. The number of carbonyl (C=O) groups is 2. The van der Waals surface area contributed by atoms with Crippen molar-refractivity contribution in [2.24, 2.45) is 5.73 Å². The fraction of sp³-hybridized carbons (Fsp3) is 0.158. The molecule has 0 spiro atoms. The van der Waals surface area contributed by atoms with Crippen LogP contribution in [0.5, 0.6) is 0 Å². The standard InChI is InChI=1S/C19H18FN3O3/c20-14-7-5-12(6-8-14)11-26-19(25)23-17(18(21)24)9-13-10-22-16-4-2-1-3-15(13)16/h1-8,10,17,22H,9,11H2,(H2,21,24)(H,23,25). The van der Waals surface area contributed by atoms with E-state index in [-0.39, 0.29) is 18.8 Å². The Balaban J connectivity index is 1.62. The van der Waals surface area contributed by atoms with Gasteiger partial charge in [0.2, 0.25) is 5.91 Å². The largest absolute Gasteiger partial charge is 0.445 e. The molecule has 1 atom stereocenters. The number of halogens is 1. The lowest BCUT2D eigenvalue weighted by molar-refractivity contribution is -0.119. The number of alkyl carbamates (subject to hydrolysis) is 1. The van der Waals surface area contributed by atoms with Gasteiger partial charge in [-0.15, -0.1) is 0 Å². The van der Waals surface area contributed by atoms with E-state index in [1.165, 1.54) is 24.3 Å². The summed E-state index contributed by atoms with van der Waals surface area (Å²) >= 11 is 0. The lowest BCUT2D eigenvalue weighted by atomic mass is 10.0. The highest BCUT2D eigenvalue weighted by atomic mass is 19.1. The van der Waals surface area contributed by atoms with E-state index in [0.29, 0.717) is 5.56 Å². The highest BCUT2D eigenvalue weighted by molar-refractivity contribution is 5.87. The van der Waals surface area contributed by atoms with Gasteiger partial charge in [-0.2, -0.15) is 0 Å². The highest BCUT2D eigenvalue weighted by Crippen LogP contribution is 2.19. The number of carbonyl (C=O) groups excluding carboxylic acids is 2. The summed E-state index contributed by atoms with van der Waals surface area (Å²) in [5, 5.41) is 3.44. The number of hydrogen-bond acceptors (Lipinski definition) is 3. The molecular weight excluding hydrogens is 337 g/mol. The van der Waals surface area contributed by atoms with Gasteiger partial charge in [-0.1, -0.05) is 30.3 Å². The number of hydrogen-bond donors (Lipinski definition) is 3. The molecule has 0 aliphatic carbocycles. The van der Waals surface area contributed by atoms with Crippen LogP contribution in [-0.2, 0) is 22.6 Å². The van der Waals surface area contributed by atoms with E-state index in [2.05, 4.69) is 10.3 Å². The molecule has 0 bridgehead atoms. The number of H-pyrrole nitrogens is 1. The quantitative estimate of drug-likeness (QED) is 0.634. The highest BCUT2D eigenvalue weighted by Gasteiger charge is 2.21. The number of aromatic nitrogens is 1. The van der Waals surface area contributed by atoms with Crippen LogP contribution in [0.25, 0.3) is 10.9 Å². The summed E-state index contributed by atoms with van der Waals surface area (Å²) in [6.45, 7) is -0.0370. The molecule has 0 aliphatic heterocycles. The zero-order valence-electron chi connectivity index (χ0n) is 13.9. The fourth-order valence-corrected chi connectivity index (χ4v) is 2.66. The van der Waals surface area contributed by atoms with Gasteiger partial charge < -0.3 is 20.8 Å². The molecule has 0 radical (unpaired) electrons. The molecule has 0 aliphatic rings. The smallest absolute Gasteiger partial charge is 0.408 e. The van der Waals surface area contributed by atoms with Crippen LogP contribution in [0.2, 0.25) is 0 Å². The molecule has 0 fully saturated rings. The third kappa shape index (κ3) is 4.18.